The Hall–Kier alpha value is -8.35. The van der Waals surface area contributed by atoms with E-state index < -0.39 is 23.0 Å². The van der Waals surface area contributed by atoms with Gasteiger partial charge in [0.05, 0.1) is 18.2 Å². The molecule has 0 aromatic heterocycles. The molecule has 352 valence electrons. The molecule has 0 heterocycles. The summed E-state index contributed by atoms with van der Waals surface area (Å²) in [5.74, 6) is 0.840. The summed E-state index contributed by atoms with van der Waals surface area (Å²) in [4.78, 5) is 37.5. The number of rotatable bonds is 17. The first-order valence-corrected chi connectivity index (χ1v) is 25.4. The molecular weight excluding hydrogens is 935 g/mol. The van der Waals surface area contributed by atoms with Crippen LogP contribution in [0.4, 0.5) is 0 Å². The van der Waals surface area contributed by atoms with Gasteiger partial charge in [0.25, 0.3) is 0 Å². The van der Waals surface area contributed by atoms with E-state index in [1.165, 1.54) is 0 Å². The highest BCUT2D eigenvalue weighted by atomic mass is 31.2. The summed E-state index contributed by atoms with van der Waals surface area (Å²) in [6, 6.07) is 79.1. The van der Waals surface area contributed by atoms with Gasteiger partial charge in [-0.25, -0.2) is 0 Å². The van der Waals surface area contributed by atoms with Crippen molar-refractivity contribution in [2.45, 2.75) is 0 Å². The van der Waals surface area contributed by atoms with Crippen molar-refractivity contribution in [3.8, 4) is 95.5 Å². The van der Waals surface area contributed by atoms with Gasteiger partial charge in [-0.05, 0) is 68.8 Å². The van der Waals surface area contributed by atoms with E-state index in [0.29, 0.717) is 33.9 Å². The largest absolute Gasteiger partial charge is 0.530 e. The van der Waals surface area contributed by atoms with Crippen molar-refractivity contribution in [3.63, 3.8) is 0 Å². The first-order chi connectivity index (χ1) is 35.4. The Balaban J connectivity index is 1.19. The minimum atomic E-state index is -3.04. The summed E-state index contributed by atoms with van der Waals surface area (Å²) >= 11 is 0. The van der Waals surface area contributed by atoms with Crippen LogP contribution in [0.15, 0.2) is 249 Å². The van der Waals surface area contributed by atoms with Crippen LogP contribution in [-0.4, -0.2) is 22.7 Å². The molecule has 0 radical (unpaired) electrons. The number of ketones is 1. The molecule has 0 atom stereocenters. The first-order valence-electron chi connectivity index (χ1n) is 23.1. The van der Waals surface area contributed by atoms with E-state index >= 15 is 4.79 Å². The van der Waals surface area contributed by atoms with Crippen molar-refractivity contribution in [2.75, 3.05) is 7.11 Å². The van der Waals surface area contributed by atoms with Crippen LogP contribution in [0.25, 0.3) is 66.8 Å². The minimum absolute atomic E-state index is 0.0405. The lowest BCUT2D eigenvalue weighted by Crippen LogP contribution is -2.12. The summed E-state index contributed by atoms with van der Waals surface area (Å²) in [6.45, 7) is 0. The Morgan fingerprint density at radius 3 is 1.14 bits per heavy atom. The minimum Gasteiger partial charge on any atom is -0.496 e. The van der Waals surface area contributed by atoms with Crippen LogP contribution in [0.3, 0.4) is 0 Å². The van der Waals surface area contributed by atoms with Crippen LogP contribution in [0, 0.1) is 0 Å². The second-order valence-corrected chi connectivity index (χ2v) is 18.1. The lowest BCUT2D eigenvalue weighted by atomic mass is 9.81. The second kappa shape index (κ2) is 22.2. The van der Waals surface area contributed by atoms with Crippen LogP contribution in [0.1, 0.15) is 15.9 Å². The van der Waals surface area contributed by atoms with Gasteiger partial charge in [-0.2, -0.15) is 0 Å². The van der Waals surface area contributed by atoms with Crippen LogP contribution in [0.5, 0.6) is 28.7 Å². The summed E-state index contributed by atoms with van der Waals surface area (Å²) in [6.07, 6.45) is 0. The zero-order valence-electron chi connectivity index (χ0n) is 38.9. The Labute approximate surface area is 421 Å². The SMILES string of the molecule is COc1cc(OP(O)O)c(C(=O)c2ccccc2OP(Oc2ccccc2-c2ccccc2)Oc2ccccc2-c2ccccc2)c(-c2ccccc2-c2ccccc2)c1-c1ccccc1-c1ccccc1. The van der Waals surface area contributed by atoms with Crippen molar-refractivity contribution in [1.82, 2.24) is 0 Å². The number of ether oxygens (including phenoxy) is 1. The van der Waals surface area contributed by atoms with Gasteiger partial charge in [0.1, 0.15) is 28.7 Å². The van der Waals surface area contributed by atoms with Crippen molar-refractivity contribution in [2.24, 2.45) is 0 Å². The molecule has 2 N–H and O–H groups in total. The summed E-state index contributed by atoms with van der Waals surface area (Å²) < 4.78 is 32.7. The molecule has 0 saturated heterocycles. The number of hydrogen-bond acceptors (Lipinski definition) is 8. The average molecular weight is 981 g/mol. The van der Waals surface area contributed by atoms with E-state index in [9.17, 15) is 9.79 Å². The highest BCUT2D eigenvalue weighted by molar-refractivity contribution is 7.43. The molecule has 10 aromatic carbocycles. The van der Waals surface area contributed by atoms with Crippen LogP contribution in [-0.2, 0) is 0 Å². The highest BCUT2D eigenvalue weighted by Crippen LogP contribution is 2.54. The number of para-hydroxylation sites is 3. The maximum absolute atomic E-state index is 16.2. The number of hydrogen-bond donors (Lipinski definition) is 2. The molecule has 0 unspecified atom stereocenters. The van der Waals surface area contributed by atoms with E-state index in [2.05, 4.69) is 0 Å². The zero-order valence-corrected chi connectivity index (χ0v) is 40.7. The van der Waals surface area contributed by atoms with E-state index in [1.54, 1.807) is 37.4 Å². The molecule has 0 aliphatic carbocycles. The van der Waals surface area contributed by atoms with E-state index in [4.69, 9.17) is 22.8 Å². The monoisotopic (exact) mass is 980 g/mol. The first kappa shape index (κ1) is 47.3. The quantitative estimate of drug-likeness (QED) is 0.0687. The molecule has 0 fully saturated rings. The van der Waals surface area contributed by atoms with Gasteiger partial charge in [-0.3, -0.25) is 4.79 Å². The van der Waals surface area contributed by atoms with Crippen molar-refractivity contribution >= 4 is 23.0 Å². The fraction of sp³-hybridized carbons (Fsp3) is 0.0161. The standard InChI is InChI=1S/C62H46O8P2/c1-66-57-42-58(67-71(64)65)61(60(52-37-17-15-33-48(52)44-26-8-3-9-27-44)59(57)51-36-16-14-32-47(51)43-24-6-2-7-25-43)62(63)53-38-20-23-41-56(53)70-72(68-54-39-21-18-34-49(54)45-28-10-4-11-29-45)69-55-40-22-19-35-50(55)46-30-12-5-13-31-46/h2-42,64-65H,1H3. The fourth-order valence-corrected chi connectivity index (χ4v) is 10.2. The van der Waals surface area contributed by atoms with Crippen molar-refractivity contribution in [3.05, 3.63) is 260 Å². The van der Waals surface area contributed by atoms with E-state index in [0.717, 1.165) is 50.1 Å². The van der Waals surface area contributed by atoms with Crippen LogP contribution < -0.4 is 22.8 Å². The normalized spacial score (nSPS) is 11.0. The summed E-state index contributed by atoms with van der Waals surface area (Å²) in [7, 11) is -3.88. The van der Waals surface area contributed by atoms with Gasteiger partial charge in [-0.1, -0.05) is 218 Å². The number of carbonyl (C=O) groups excluding carboxylic acids is 1. The van der Waals surface area contributed by atoms with Gasteiger partial charge in [0.2, 0.25) is 5.78 Å². The third-order valence-electron chi connectivity index (χ3n) is 12.0. The zero-order chi connectivity index (χ0) is 49.2. The number of methoxy groups -OCH3 is 1. The van der Waals surface area contributed by atoms with Gasteiger partial charge < -0.3 is 32.6 Å². The molecule has 0 amide bonds. The fourth-order valence-electron chi connectivity index (χ4n) is 8.83. The number of carbonyl (C=O) groups is 1. The summed E-state index contributed by atoms with van der Waals surface area (Å²) in [5.41, 5.74) is 9.61. The van der Waals surface area contributed by atoms with Gasteiger partial charge in [0.15, 0.2) is 0 Å². The van der Waals surface area contributed by atoms with Gasteiger partial charge >= 0.3 is 17.2 Å². The molecule has 10 rings (SSSR count). The lowest BCUT2D eigenvalue weighted by Gasteiger charge is -2.25. The number of benzene rings is 10. The molecule has 0 aliphatic heterocycles. The molecule has 0 bridgehead atoms. The predicted molar refractivity (Wildman–Crippen MR) is 289 cm³/mol. The molecule has 0 aliphatic rings. The Morgan fingerprint density at radius 2 is 0.694 bits per heavy atom. The summed E-state index contributed by atoms with van der Waals surface area (Å²) in [5, 5.41) is 0. The molecule has 10 heteroatoms. The maximum Gasteiger partial charge on any atom is 0.530 e. The molecule has 72 heavy (non-hydrogen) atoms. The molecule has 8 nitrogen and oxygen atoms in total. The molecule has 0 spiro atoms. The molecule has 10 aromatic rings. The maximum atomic E-state index is 16.2. The van der Waals surface area contributed by atoms with E-state index in [1.807, 2.05) is 218 Å². The molecule has 0 saturated carbocycles. The highest BCUT2D eigenvalue weighted by Gasteiger charge is 2.33. The Bertz CT molecular complexity index is 3380. The topological polar surface area (TPSA) is 104 Å². The van der Waals surface area contributed by atoms with Crippen molar-refractivity contribution < 1.29 is 37.4 Å². The third kappa shape index (κ3) is 10.3. The smallest absolute Gasteiger partial charge is 0.496 e. The van der Waals surface area contributed by atoms with Gasteiger partial charge in [-0.15, -0.1) is 0 Å². The Morgan fingerprint density at radius 1 is 0.347 bits per heavy atom. The predicted octanol–water partition coefficient (Wildman–Crippen LogP) is 16.3. The van der Waals surface area contributed by atoms with E-state index in [-0.39, 0.29) is 22.6 Å². The van der Waals surface area contributed by atoms with Crippen molar-refractivity contribution in [1.29, 1.82) is 0 Å². The van der Waals surface area contributed by atoms with Gasteiger partial charge in [0, 0.05) is 28.3 Å². The van der Waals surface area contributed by atoms with Crippen LogP contribution >= 0.6 is 17.2 Å². The van der Waals surface area contributed by atoms with Crippen LogP contribution in [0.2, 0.25) is 0 Å². The molecular formula is C62H46O8P2. The second-order valence-electron chi connectivity index (χ2n) is 16.4. The Kier molecular flexibility index (Phi) is 14.6. The third-order valence-corrected chi connectivity index (χ3v) is 13.4. The average Bonchev–Trinajstić information content (AvgIpc) is 3.44. The lowest BCUT2D eigenvalue weighted by molar-refractivity contribution is 0.103.